The molecule has 1 fully saturated rings. The van der Waals surface area contributed by atoms with Crippen molar-refractivity contribution in [3.63, 3.8) is 0 Å². The lowest BCUT2D eigenvalue weighted by Gasteiger charge is -2.34. The number of piperidine rings is 1. The van der Waals surface area contributed by atoms with Gasteiger partial charge in [0.25, 0.3) is 5.78 Å². The molecule has 0 aliphatic carbocycles. The van der Waals surface area contributed by atoms with Crippen LogP contribution in [0.15, 0.2) is 12.4 Å². The number of carbonyl (C=O) groups is 1. The summed E-state index contributed by atoms with van der Waals surface area (Å²) in [5.74, 6) is 1.86. The third-order valence-electron chi connectivity index (χ3n) is 4.05. The minimum absolute atomic E-state index is 0.0830. The normalized spacial score (nSPS) is 16.8. The molecule has 3 heterocycles. The van der Waals surface area contributed by atoms with Crippen LogP contribution in [0.5, 0.6) is 0 Å². The minimum Gasteiger partial charge on any atom is -0.356 e. The Hall–Kier alpha value is -2.18. The van der Waals surface area contributed by atoms with Crippen molar-refractivity contribution >= 4 is 17.5 Å². The van der Waals surface area contributed by atoms with Crippen LogP contribution in [0.2, 0.25) is 0 Å². The van der Waals surface area contributed by atoms with Crippen LogP contribution in [0.4, 0.5) is 5.82 Å². The second kappa shape index (κ2) is 5.79. The molecule has 3 rings (SSSR count). The zero-order valence-corrected chi connectivity index (χ0v) is 14.2. The summed E-state index contributed by atoms with van der Waals surface area (Å²) in [7, 11) is 0. The number of anilines is 1. The molecule has 124 valence electrons. The van der Waals surface area contributed by atoms with Crippen molar-refractivity contribution in [2.45, 2.75) is 46.1 Å². The number of hydrogen-bond donors (Lipinski definition) is 1. The molecule has 0 unspecified atom stereocenters. The Morgan fingerprint density at radius 2 is 2.00 bits per heavy atom. The summed E-state index contributed by atoms with van der Waals surface area (Å²) >= 11 is 0. The van der Waals surface area contributed by atoms with Gasteiger partial charge in [0.1, 0.15) is 12.1 Å². The Morgan fingerprint density at radius 3 is 2.65 bits per heavy atom. The number of nitrogens with one attached hydrogen (secondary N) is 1. The van der Waals surface area contributed by atoms with E-state index in [1.807, 2.05) is 33.8 Å². The Kier molecular flexibility index (Phi) is 3.95. The fraction of sp³-hybridized carbons (Fsp3) is 0.625. The van der Waals surface area contributed by atoms with Crippen molar-refractivity contribution in [3.8, 4) is 0 Å². The van der Waals surface area contributed by atoms with Gasteiger partial charge in [0, 0.05) is 36.3 Å². The number of aromatic nitrogens is 4. The van der Waals surface area contributed by atoms with Crippen molar-refractivity contribution in [1.29, 1.82) is 0 Å². The van der Waals surface area contributed by atoms with Gasteiger partial charge in [-0.15, -0.1) is 0 Å². The van der Waals surface area contributed by atoms with E-state index < -0.39 is 0 Å². The number of hydrogen-bond acceptors (Lipinski definition) is 5. The summed E-state index contributed by atoms with van der Waals surface area (Å²) in [5, 5.41) is 7.34. The van der Waals surface area contributed by atoms with E-state index in [1.165, 1.54) is 6.33 Å². The van der Waals surface area contributed by atoms with Gasteiger partial charge in [-0.3, -0.25) is 4.79 Å². The molecule has 7 nitrogen and oxygen atoms in total. The molecule has 1 N–H and O–H groups in total. The molecule has 7 heteroatoms. The van der Waals surface area contributed by atoms with Crippen LogP contribution in [0.1, 0.15) is 39.3 Å². The van der Waals surface area contributed by atoms with Crippen molar-refractivity contribution in [3.05, 3.63) is 18.1 Å². The van der Waals surface area contributed by atoms with Crippen LogP contribution in [-0.4, -0.2) is 44.1 Å². The summed E-state index contributed by atoms with van der Waals surface area (Å²) in [4.78, 5) is 23.1. The van der Waals surface area contributed by atoms with Gasteiger partial charge < -0.3 is 10.2 Å². The first-order valence-corrected chi connectivity index (χ1v) is 8.08. The molecule has 0 aromatic carbocycles. The smallest absolute Gasteiger partial charge is 0.254 e. The van der Waals surface area contributed by atoms with Crippen molar-refractivity contribution in [2.24, 2.45) is 5.92 Å². The lowest BCUT2D eigenvalue weighted by atomic mass is 9.94. The highest BCUT2D eigenvalue weighted by atomic mass is 16.2. The fourth-order valence-electron chi connectivity index (χ4n) is 2.98. The summed E-state index contributed by atoms with van der Waals surface area (Å²) in [6.07, 6.45) is 3.22. The minimum atomic E-state index is -0.177. The van der Waals surface area contributed by atoms with E-state index in [-0.39, 0.29) is 17.4 Å². The van der Waals surface area contributed by atoms with Gasteiger partial charge in [0.05, 0.1) is 0 Å². The average molecular weight is 316 g/mol. The Balaban J connectivity index is 1.71. The maximum atomic E-state index is 12.3. The summed E-state index contributed by atoms with van der Waals surface area (Å²) in [6.45, 7) is 9.67. The Labute approximate surface area is 136 Å². The number of amides is 1. The number of nitrogens with zero attached hydrogens (tertiary/aromatic N) is 5. The summed E-state index contributed by atoms with van der Waals surface area (Å²) < 4.78 is 1.77. The molecular formula is C16H24N6O. The molecule has 0 radical (unpaired) electrons. The second-order valence-corrected chi connectivity index (χ2v) is 7.23. The quantitative estimate of drug-likeness (QED) is 0.910. The molecule has 1 aliphatic heterocycles. The molecule has 0 bridgehead atoms. The van der Waals surface area contributed by atoms with E-state index in [9.17, 15) is 4.79 Å². The number of aryl methyl sites for hydroxylation is 1. The Bertz CT molecular complexity index is 709. The van der Waals surface area contributed by atoms with Crippen LogP contribution >= 0.6 is 0 Å². The first kappa shape index (κ1) is 15.7. The Morgan fingerprint density at radius 1 is 1.30 bits per heavy atom. The van der Waals surface area contributed by atoms with E-state index in [0.29, 0.717) is 5.78 Å². The third-order valence-corrected chi connectivity index (χ3v) is 4.05. The topological polar surface area (TPSA) is 75.4 Å². The molecule has 1 saturated heterocycles. The second-order valence-electron chi connectivity index (χ2n) is 7.23. The zero-order valence-electron chi connectivity index (χ0n) is 14.2. The zero-order chi connectivity index (χ0) is 16.6. The summed E-state index contributed by atoms with van der Waals surface area (Å²) in [6, 6.07) is 2.03. The number of fused-ring (bicyclic) bond motifs is 1. The van der Waals surface area contributed by atoms with E-state index >= 15 is 0 Å². The highest BCUT2D eigenvalue weighted by Gasteiger charge is 2.28. The lowest BCUT2D eigenvalue weighted by molar-refractivity contribution is -0.127. The maximum absolute atomic E-state index is 12.3. The SMILES string of the molecule is Cc1cc(N2CCC(C(=O)NC(C)(C)C)CC2)n2ncnc2n1. The molecule has 0 atom stereocenters. The van der Waals surface area contributed by atoms with Crippen LogP contribution in [0.3, 0.4) is 0 Å². The van der Waals surface area contributed by atoms with Gasteiger partial charge in [-0.2, -0.15) is 14.6 Å². The highest BCUT2D eigenvalue weighted by molar-refractivity contribution is 5.79. The van der Waals surface area contributed by atoms with Crippen LogP contribution < -0.4 is 10.2 Å². The molecule has 0 saturated carbocycles. The largest absolute Gasteiger partial charge is 0.356 e. The number of rotatable bonds is 2. The van der Waals surface area contributed by atoms with E-state index in [2.05, 4.69) is 25.3 Å². The maximum Gasteiger partial charge on any atom is 0.254 e. The van der Waals surface area contributed by atoms with Crippen LogP contribution in [-0.2, 0) is 4.79 Å². The number of carbonyl (C=O) groups excluding carboxylic acids is 1. The van der Waals surface area contributed by atoms with Crippen LogP contribution in [0, 0.1) is 12.8 Å². The first-order chi connectivity index (χ1) is 10.8. The predicted molar refractivity (Wildman–Crippen MR) is 88.4 cm³/mol. The van der Waals surface area contributed by atoms with Crippen molar-refractivity contribution < 1.29 is 4.79 Å². The van der Waals surface area contributed by atoms with Crippen molar-refractivity contribution in [1.82, 2.24) is 24.9 Å². The molecule has 0 spiro atoms. The van der Waals surface area contributed by atoms with Gasteiger partial charge in [-0.05, 0) is 40.5 Å². The molecular weight excluding hydrogens is 292 g/mol. The van der Waals surface area contributed by atoms with Crippen molar-refractivity contribution in [2.75, 3.05) is 18.0 Å². The molecule has 2 aromatic rings. The fourth-order valence-corrected chi connectivity index (χ4v) is 2.98. The van der Waals surface area contributed by atoms with Gasteiger partial charge in [-0.1, -0.05) is 0 Å². The third kappa shape index (κ3) is 3.43. The van der Waals surface area contributed by atoms with Gasteiger partial charge in [0.2, 0.25) is 5.91 Å². The van der Waals surface area contributed by atoms with Gasteiger partial charge >= 0.3 is 0 Å². The predicted octanol–water partition coefficient (Wildman–Crippen LogP) is 1.56. The van der Waals surface area contributed by atoms with E-state index in [1.54, 1.807) is 4.52 Å². The van der Waals surface area contributed by atoms with E-state index in [4.69, 9.17) is 0 Å². The molecule has 1 aliphatic rings. The highest BCUT2D eigenvalue weighted by Crippen LogP contribution is 2.24. The first-order valence-electron chi connectivity index (χ1n) is 8.08. The van der Waals surface area contributed by atoms with E-state index in [0.717, 1.165) is 37.4 Å². The monoisotopic (exact) mass is 316 g/mol. The molecule has 2 aromatic heterocycles. The summed E-state index contributed by atoms with van der Waals surface area (Å²) in [5.41, 5.74) is 0.747. The van der Waals surface area contributed by atoms with Crippen LogP contribution in [0.25, 0.3) is 5.78 Å². The average Bonchev–Trinajstić information content (AvgIpc) is 2.93. The molecule has 1 amide bonds. The molecule has 23 heavy (non-hydrogen) atoms. The standard InChI is InChI=1S/C16H24N6O/c1-11-9-13(22-15(19-11)17-10-18-22)21-7-5-12(6-8-21)14(23)20-16(2,3)4/h9-10,12H,5-8H2,1-4H3,(H,20,23). The lowest BCUT2D eigenvalue weighted by Crippen LogP contribution is -2.47. The van der Waals surface area contributed by atoms with Gasteiger partial charge in [0.15, 0.2) is 0 Å². The van der Waals surface area contributed by atoms with Gasteiger partial charge in [-0.25, -0.2) is 4.98 Å².